The van der Waals surface area contributed by atoms with Gasteiger partial charge in [-0.3, -0.25) is 4.79 Å². The molecule has 0 aliphatic carbocycles. The lowest BCUT2D eigenvalue weighted by molar-refractivity contribution is -0.146. The summed E-state index contributed by atoms with van der Waals surface area (Å²) in [6.45, 7) is 7.75. The summed E-state index contributed by atoms with van der Waals surface area (Å²) in [7, 11) is 0. The Morgan fingerprint density at radius 1 is 1.40 bits per heavy atom. The zero-order valence-corrected chi connectivity index (χ0v) is 12.4. The van der Waals surface area contributed by atoms with E-state index in [-0.39, 0.29) is 11.5 Å². The fourth-order valence-electron chi connectivity index (χ4n) is 3.23. The minimum atomic E-state index is -0.777. The number of hydrogen-bond donors (Lipinski definition) is 2. The number of ether oxygens (including phenoxy) is 1. The lowest BCUT2D eigenvalue weighted by atomic mass is 9.72. The normalized spacial score (nSPS) is 30.6. The Bertz CT molecular complexity index is 404. The number of carbonyl (C=O) groups excluding carboxylic acids is 1. The highest BCUT2D eigenvalue weighted by Gasteiger charge is 2.50. The molecule has 6 heteroatoms. The number of likely N-dealkylation sites (tertiary alicyclic amines) is 1. The van der Waals surface area contributed by atoms with Gasteiger partial charge in [0.25, 0.3) is 0 Å². The molecule has 114 valence electrons. The van der Waals surface area contributed by atoms with Crippen molar-refractivity contribution < 1.29 is 19.4 Å². The summed E-state index contributed by atoms with van der Waals surface area (Å²) < 4.78 is 5.39. The van der Waals surface area contributed by atoms with Gasteiger partial charge in [-0.05, 0) is 33.6 Å². The van der Waals surface area contributed by atoms with E-state index in [9.17, 15) is 14.7 Å². The Morgan fingerprint density at radius 2 is 2.10 bits per heavy atom. The van der Waals surface area contributed by atoms with Crippen LogP contribution in [0.25, 0.3) is 0 Å². The smallest absolute Gasteiger partial charge is 0.410 e. The molecule has 1 amide bonds. The molecule has 2 aliphatic heterocycles. The number of amides is 1. The quantitative estimate of drug-likeness (QED) is 0.759. The van der Waals surface area contributed by atoms with Gasteiger partial charge in [0.2, 0.25) is 0 Å². The minimum Gasteiger partial charge on any atom is -0.481 e. The maximum Gasteiger partial charge on any atom is 0.410 e. The highest BCUT2D eigenvalue weighted by molar-refractivity contribution is 5.73. The Morgan fingerprint density at radius 3 is 2.70 bits per heavy atom. The number of nitrogens with one attached hydrogen (secondary N) is 1. The third kappa shape index (κ3) is 3.06. The van der Waals surface area contributed by atoms with Gasteiger partial charge in [0.05, 0.1) is 5.92 Å². The molecule has 2 rings (SSSR count). The number of rotatable bonds is 1. The van der Waals surface area contributed by atoms with Crippen molar-refractivity contribution in [3.8, 4) is 0 Å². The van der Waals surface area contributed by atoms with Gasteiger partial charge in [-0.2, -0.15) is 0 Å². The Labute approximate surface area is 119 Å². The van der Waals surface area contributed by atoms with E-state index in [2.05, 4.69) is 5.32 Å². The van der Waals surface area contributed by atoms with Crippen LogP contribution in [-0.4, -0.2) is 53.8 Å². The minimum absolute atomic E-state index is 0.340. The predicted molar refractivity (Wildman–Crippen MR) is 73.5 cm³/mol. The number of hydrogen-bond acceptors (Lipinski definition) is 4. The van der Waals surface area contributed by atoms with Crippen molar-refractivity contribution in [1.82, 2.24) is 10.2 Å². The largest absolute Gasteiger partial charge is 0.481 e. The maximum absolute atomic E-state index is 12.2. The van der Waals surface area contributed by atoms with Crippen LogP contribution in [0.5, 0.6) is 0 Å². The van der Waals surface area contributed by atoms with Crippen molar-refractivity contribution in [1.29, 1.82) is 0 Å². The summed E-state index contributed by atoms with van der Waals surface area (Å²) in [5.41, 5.74) is -0.872. The van der Waals surface area contributed by atoms with Crippen molar-refractivity contribution in [3.05, 3.63) is 0 Å². The molecule has 2 atom stereocenters. The van der Waals surface area contributed by atoms with Crippen molar-refractivity contribution >= 4 is 12.1 Å². The van der Waals surface area contributed by atoms with E-state index in [4.69, 9.17) is 4.74 Å². The molecular formula is C14H24N2O4. The van der Waals surface area contributed by atoms with Gasteiger partial charge in [0.1, 0.15) is 5.60 Å². The van der Waals surface area contributed by atoms with Gasteiger partial charge in [-0.1, -0.05) is 0 Å². The van der Waals surface area contributed by atoms with Gasteiger partial charge in [0.15, 0.2) is 0 Å². The topological polar surface area (TPSA) is 78.9 Å². The van der Waals surface area contributed by atoms with Gasteiger partial charge >= 0.3 is 12.1 Å². The van der Waals surface area contributed by atoms with Crippen LogP contribution in [0, 0.1) is 11.3 Å². The van der Waals surface area contributed by atoms with Crippen molar-refractivity contribution in [2.45, 2.75) is 39.2 Å². The van der Waals surface area contributed by atoms with Crippen LogP contribution in [0.4, 0.5) is 4.79 Å². The molecule has 0 aromatic rings. The van der Waals surface area contributed by atoms with E-state index in [0.717, 1.165) is 12.8 Å². The van der Waals surface area contributed by atoms with Crippen LogP contribution >= 0.6 is 0 Å². The molecule has 2 fully saturated rings. The first kappa shape index (κ1) is 15.1. The third-order valence-electron chi connectivity index (χ3n) is 4.12. The second-order valence-corrected chi connectivity index (χ2v) is 6.89. The van der Waals surface area contributed by atoms with Crippen LogP contribution in [-0.2, 0) is 9.53 Å². The highest BCUT2D eigenvalue weighted by Crippen LogP contribution is 2.40. The van der Waals surface area contributed by atoms with E-state index < -0.39 is 17.5 Å². The van der Waals surface area contributed by atoms with Gasteiger partial charge in [0, 0.05) is 31.6 Å². The molecule has 0 radical (unpaired) electrons. The van der Waals surface area contributed by atoms with E-state index in [1.807, 2.05) is 20.8 Å². The molecular weight excluding hydrogens is 260 g/mol. The summed E-state index contributed by atoms with van der Waals surface area (Å²) in [6, 6.07) is 0. The van der Waals surface area contributed by atoms with E-state index in [0.29, 0.717) is 26.2 Å². The maximum atomic E-state index is 12.2. The molecule has 0 bridgehead atoms. The molecule has 20 heavy (non-hydrogen) atoms. The highest BCUT2D eigenvalue weighted by atomic mass is 16.6. The van der Waals surface area contributed by atoms with Crippen LogP contribution in [0.2, 0.25) is 0 Å². The van der Waals surface area contributed by atoms with Gasteiger partial charge in [-0.15, -0.1) is 0 Å². The van der Waals surface area contributed by atoms with Crippen molar-refractivity contribution in [3.63, 3.8) is 0 Å². The first-order valence-corrected chi connectivity index (χ1v) is 7.15. The molecule has 0 aromatic carbocycles. The fourth-order valence-corrected chi connectivity index (χ4v) is 3.23. The number of carboxylic acid groups (broad SMARTS) is 1. The molecule has 2 saturated heterocycles. The zero-order chi connectivity index (χ0) is 15.0. The molecule has 2 heterocycles. The fraction of sp³-hybridized carbons (Fsp3) is 0.857. The number of nitrogens with zero attached hydrogens (tertiary/aromatic N) is 1. The standard InChI is InChI=1S/C14H24N2O4/c1-13(2,3)20-12(19)16-6-4-5-14(9-16)8-15-7-10(14)11(17)18/h10,15H,4-9H2,1-3H3,(H,17,18). The average Bonchev–Trinajstić information content (AvgIpc) is 2.70. The Hall–Kier alpha value is -1.30. The summed E-state index contributed by atoms with van der Waals surface area (Å²) in [5.74, 6) is -1.20. The first-order valence-electron chi connectivity index (χ1n) is 7.15. The van der Waals surface area contributed by atoms with Crippen molar-refractivity contribution in [2.24, 2.45) is 11.3 Å². The molecule has 2 N–H and O–H groups in total. The van der Waals surface area contributed by atoms with Gasteiger partial charge in [-0.25, -0.2) is 4.79 Å². The summed E-state index contributed by atoms with van der Waals surface area (Å²) in [4.78, 5) is 25.2. The summed E-state index contributed by atoms with van der Waals surface area (Å²) in [5, 5.41) is 12.5. The summed E-state index contributed by atoms with van der Waals surface area (Å²) in [6.07, 6.45) is 1.33. The molecule has 6 nitrogen and oxygen atoms in total. The van der Waals surface area contributed by atoms with Crippen LogP contribution in [0.1, 0.15) is 33.6 Å². The molecule has 2 unspecified atom stereocenters. The summed E-state index contributed by atoms with van der Waals surface area (Å²) >= 11 is 0. The van der Waals surface area contributed by atoms with Gasteiger partial charge < -0.3 is 20.1 Å². The Balaban J connectivity index is 2.08. The second kappa shape index (κ2) is 5.24. The van der Waals surface area contributed by atoms with Crippen LogP contribution < -0.4 is 5.32 Å². The lowest BCUT2D eigenvalue weighted by Gasteiger charge is -2.42. The predicted octanol–water partition coefficient (Wildman–Crippen LogP) is 1.31. The number of carbonyl (C=O) groups is 2. The number of piperidine rings is 1. The average molecular weight is 284 g/mol. The molecule has 2 aliphatic rings. The monoisotopic (exact) mass is 284 g/mol. The van der Waals surface area contributed by atoms with E-state index in [1.165, 1.54) is 0 Å². The number of carboxylic acids is 1. The SMILES string of the molecule is CC(C)(C)OC(=O)N1CCCC2(CNCC2C(=O)O)C1. The van der Waals surface area contributed by atoms with Crippen LogP contribution in [0.3, 0.4) is 0 Å². The molecule has 1 spiro atoms. The lowest BCUT2D eigenvalue weighted by Crippen LogP contribution is -2.52. The van der Waals surface area contributed by atoms with E-state index in [1.54, 1.807) is 4.90 Å². The Kier molecular flexibility index (Phi) is 3.95. The molecule has 0 aromatic heterocycles. The van der Waals surface area contributed by atoms with Crippen molar-refractivity contribution in [2.75, 3.05) is 26.2 Å². The number of aliphatic carboxylic acids is 1. The van der Waals surface area contributed by atoms with E-state index >= 15 is 0 Å². The first-order chi connectivity index (χ1) is 9.23. The second-order valence-electron chi connectivity index (χ2n) is 6.89. The third-order valence-corrected chi connectivity index (χ3v) is 4.12. The zero-order valence-electron chi connectivity index (χ0n) is 12.4. The van der Waals surface area contributed by atoms with Crippen LogP contribution in [0.15, 0.2) is 0 Å². The molecule has 0 saturated carbocycles.